The zero-order chi connectivity index (χ0) is 21.0. The molecule has 2 aromatic heterocycles. The van der Waals surface area contributed by atoms with Gasteiger partial charge in [-0.3, -0.25) is 14.8 Å². The van der Waals surface area contributed by atoms with Crippen molar-refractivity contribution in [2.75, 3.05) is 13.1 Å². The summed E-state index contributed by atoms with van der Waals surface area (Å²) in [6.07, 6.45) is 4.58. The molecule has 0 aliphatic carbocycles. The number of aromatic nitrogens is 5. The molecule has 0 spiro atoms. The van der Waals surface area contributed by atoms with Crippen LogP contribution in [0.1, 0.15) is 40.2 Å². The second-order valence-corrected chi connectivity index (χ2v) is 7.99. The number of H-pyrrole nitrogens is 1. The summed E-state index contributed by atoms with van der Waals surface area (Å²) < 4.78 is 1.56. The van der Waals surface area contributed by atoms with Crippen molar-refractivity contribution in [2.45, 2.75) is 45.0 Å². The first-order chi connectivity index (χ1) is 14.5. The maximum atomic E-state index is 12.3. The third-order valence-corrected chi connectivity index (χ3v) is 5.64. The lowest BCUT2D eigenvalue weighted by atomic mass is 9.91. The van der Waals surface area contributed by atoms with E-state index < -0.39 is 5.60 Å². The molecule has 0 saturated carbocycles. The first kappa shape index (κ1) is 20.2. The summed E-state index contributed by atoms with van der Waals surface area (Å²) >= 11 is 0. The standard InChI is InChI=1S/C21H27N7O2/c1-16-18(12-23-24-16)11-22-20(29)19-14-28(26-25-19)15-21(30)7-9-27(10-8-21)13-17-5-3-2-4-6-17/h2-6,12,14,30H,7-11,13,15H2,1H3,(H,22,29)(H,23,24). The Morgan fingerprint density at radius 2 is 2.03 bits per heavy atom. The molecule has 30 heavy (non-hydrogen) atoms. The molecule has 9 heteroatoms. The van der Waals surface area contributed by atoms with E-state index in [9.17, 15) is 9.90 Å². The van der Waals surface area contributed by atoms with Crippen molar-refractivity contribution in [3.05, 3.63) is 65.2 Å². The van der Waals surface area contributed by atoms with Gasteiger partial charge < -0.3 is 10.4 Å². The van der Waals surface area contributed by atoms with Gasteiger partial charge in [0.2, 0.25) is 0 Å². The zero-order valence-electron chi connectivity index (χ0n) is 17.1. The molecule has 4 rings (SSSR count). The van der Waals surface area contributed by atoms with Crippen LogP contribution in [-0.4, -0.2) is 59.8 Å². The Balaban J connectivity index is 1.28. The molecule has 3 heterocycles. The number of likely N-dealkylation sites (tertiary alicyclic amines) is 1. The van der Waals surface area contributed by atoms with Crippen LogP contribution in [0.3, 0.4) is 0 Å². The SMILES string of the molecule is Cc1[nH]ncc1CNC(=O)c1cn(CC2(O)CCN(Cc3ccccc3)CC2)nn1. The largest absolute Gasteiger partial charge is 0.388 e. The summed E-state index contributed by atoms with van der Waals surface area (Å²) in [7, 11) is 0. The highest BCUT2D eigenvalue weighted by molar-refractivity contribution is 5.91. The summed E-state index contributed by atoms with van der Waals surface area (Å²) in [5, 5.41) is 28.6. The minimum absolute atomic E-state index is 0.237. The fourth-order valence-electron chi connectivity index (χ4n) is 3.73. The maximum Gasteiger partial charge on any atom is 0.273 e. The average Bonchev–Trinajstić information content (AvgIpc) is 3.38. The second-order valence-electron chi connectivity index (χ2n) is 7.99. The van der Waals surface area contributed by atoms with E-state index in [0.717, 1.165) is 30.9 Å². The first-order valence-electron chi connectivity index (χ1n) is 10.2. The number of hydrogen-bond donors (Lipinski definition) is 3. The van der Waals surface area contributed by atoms with Gasteiger partial charge in [0, 0.05) is 37.4 Å². The van der Waals surface area contributed by atoms with E-state index in [4.69, 9.17) is 0 Å². The van der Waals surface area contributed by atoms with Gasteiger partial charge in [-0.25, -0.2) is 4.68 Å². The third kappa shape index (κ3) is 4.92. The minimum atomic E-state index is -0.845. The van der Waals surface area contributed by atoms with Crippen molar-refractivity contribution in [1.82, 2.24) is 35.4 Å². The van der Waals surface area contributed by atoms with Gasteiger partial charge in [0.25, 0.3) is 5.91 Å². The number of aromatic amines is 1. The van der Waals surface area contributed by atoms with Gasteiger partial charge >= 0.3 is 0 Å². The molecule has 3 aromatic rings. The Morgan fingerprint density at radius 3 is 2.73 bits per heavy atom. The van der Waals surface area contributed by atoms with E-state index in [2.05, 4.69) is 42.9 Å². The molecule has 9 nitrogen and oxygen atoms in total. The van der Waals surface area contributed by atoms with Gasteiger partial charge in [-0.05, 0) is 25.3 Å². The smallest absolute Gasteiger partial charge is 0.273 e. The quantitative estimate of drug-likeness (QED) is 0.542. The van der Waals surface area contributed by atoms with E-state index in [0.29, 0.717) is 25.9 Å². The number of benzene rings is 1. The van der Waals surface area contributed by atoms with Crippen molar-refractivity contribution in [2.24, 2.45) is 0 Å². The summed E-state index contributed by atoms with van der Waals surface area (Å²) in [4.78, 5) is 14.7. The summed E-state index contributed by atoms with van der Waals surface area (Å²) in [6, 6.07) is 10.4. The molecule has 0 atom stereocenters. The first-order valence-corrected chi connectivity index (χ1v) is 10.2. The Kier molecular flexibility index (Phi) is 5.91. The fourth-order valence-corrected chi connectivity index (χ4v) is 3.73. The number of rotatable bonds is 7. The van der Waals surface area contributed by atoms with Crippen LogP contribution in [0.5, 0.6) is 0 Å². The van der Waals surface area contributed by atoms with Crippen LogP contribution in [0.2, 0.25) is 0 Å². The molecule has 1 saturated heterocycles. The predicted molar refractivity (Wildman–Crippen MR) is 110 cm³/mol. The number of nitrogens with zero attached hydrogens (tertiary/aromatic N) is 5. The van der Waals surface area contributed by atoms with Crippen molar-refractivity contribution in [1.29, 1.82) is 0 Å². The molecule has 1 aliphatic rings. The van der Waals surface area contributed by atoms with Gasteiger partial charge in [-0.15, -0.1) is 5.10 Å². The molecule has 1 aliphatic heterocycles. The molecular weight excluding hydrogens is 382 g/mol. The number of nitrogens with one attached hydrogen (secondary N) is 2. The minimum Gasteiger partial charge on any atom is -0.388 e. The molecule has 0 radical (unpaired) electrons. The highest BCUT2D eigenvalue weighted by Gasteiger charge is 2.33. The Morgan fingerprint density at radius 1 is 1.27 bits per heavy atom. The predicted octanol–water partition coefficient (Wildman–Crippen LogP) is 1.27. The van der Waals surface area contributed by atoms with Gasteiger partial charge in [0.05, 0.1) is 24.5 Å². The van der Waals surface area contributed by atoms with Gasteiger partial charge in [0.15, 0.2) is 5.69 Å². The van der Waals surface area contributed by atoms with E-state index in [1.807, 2.05) is 25.1 Å². The van der Waals surface area contributed by atoms with E-state index in [1.54, 1.807) is 17.1 Å². The van der Waals surface area contributed by atoms with E-state index >= 15 is 0 Å². The molecule has 158 valence electrons. The fraction of sp³-hybridized carbons (Fsp3) is 0.429. The highest BCUT2D eigenvalue weighted by Crippen LogP contribution is 2.25. The van der Waals surface area contributed by atoms with Gasteiger partial charge in [-0.1, -0.05) is 35.5 Å². The van der Waals surface area contributed by atoms with Crippen molar-refractivity contribution >= 4 is 5.91 Å². The summed E-state index contributed by atoms with van der Waals surface area (Å²) in [5.74, 6) is -0.300. The van der Waals surface area contributed by atoms with Crippen LogP contribution in [-0.2, 0) is 19.6 Å². The topological polar surface area (TPSA) is 112 Å². The number of aliphatic hydroxyl groups is 1. The van der Waals surface area contributed by atoms with Crippen molar-refractivity contribution in [3.8, 4) is 0 Å². The highest BCUT2D eigenvalue weighted by atomic mass is 16.3. The van der Waals surface area contributed by atoms with Crippen molar-refractivity contribution < 1.29 is 9.90 Å². The maximum absolute atomic E-state index is 12.3. The van der Waals surface area contributed by atoms with Crippen LogP contribution < -0.4 is 5.32 Å². The molecule has 1 fully saturated rings. The lowest BCUT2D eigenvalue weighted by Gasteiger charge is -2.38. The lowest BCUT2D eigenvalue weighted by molar-refractivity contribution is -0.0383. The van der Waals surface area contributed by atoms with E-state index in [-0.39, 0.29) is 11.6 Å². The third-order valence-electron chi connectivity index (χ3n) is 5.64. The van der Waals surface area contributed by atoms with E-state index in [1.165, 1.54) is 5.56 Å². The van der Waals surface area contributed by atoms with Gasteiger partial charge in [0.1, 0.15) is 0 Å². The monoisotopic (exact) mass is 409 g/mol. The molecular formula is C21H27N7O2. The Hall–Kier alpha value is -3.04. The Bertz CT molecular complexity index is 974. The van der Waals surface area contributed by atoms with Crippen LogP contribution in [0.4, 0.5) is 0 Å². The summed E-state index contributed by atoms with van der Waals surface area (Å²) in [5.41, 5.74) is 2.51. The number of piperidine rings is 1. The number of aryl methyl sites for hydroxylation is 1. The molecule has 1 amide bonds. The number of carbonyl (C=O) groups excluding carboxylic acids is 1. The number of hydrogen-bond acceptors (Lipinski definition) is 6. The molecule has 0 unspecified atom stereocenters. The normalized spacial score (nSPS) is 16.5. The lowest BCUT2D eigenvalue weighted by Crippen LogP contribution is -2.46. The van der Waals surface area contributed by atoms with Crippen LogP contribution in [0.15, 0.2) is 42.7 Å². The Labute approximate surface area is 175 Å². The molecule has 3 N–H and O–H groups in total. The van der Waals surface area contributed by atoms with Crippen LogP contribution in [0.25, 0.3) is 0 Å². The zero-order valence-corrected chi connectivity index (χ0v) is 17.1. The number of carbonyl (C=O) groups is 1. The molecule has 0 bridgehead atoms. The van der Waals surface area contributed by atoms with Gasteiger partial charge in [-0.2, -0.15) is 5.10 Å². The molecule has 1 aromatic carbocycles. The number of amides is 1. The average molecular weight is 409 g/mol. The van der Waals surface area contributed by atoms with Crippen LogP contribution in [0, 0.1) is 6.92 Å². The van der Waals surface area contributed by atoms with Crippen LogP contribution >= 0.6 is 0 Å². The van der Waals surface area contributed by atoms with Crippen molar-refractivity contribution in [3.63, 3.8) is 0 Å². The summed E-state index contributed by atoms with van der Waals surface area (Å²) in [6.45, 7) is 5.12. The second kappa shape index (κ2) is 8.76.